The van der Waals surface area contributed by atoms with Gasteiger partial charge in [0.1, 0.15) is 11.4 Å². The monoisotopic (exact) mass is 243 g/mol. The Morgan fingerprint density at radius 2 is 2.06 bits per heavy atom. The molecule has 2 rings (SSSR count). The third kappa shape index (κ3) is 2.76. The Balaban J connectivity index is 2.17. The number of anilines is 2. The molecule has 5 heteroatoms. The molecule has 0 amide bonds. The van der Waals surface area contributed by atoms with Crippen LogP contribution in [0.4, 0.5) is 11.5 Å². The van der Waals surface area contributed by atoms with Crippen molar-refractivity contribution in [2.24, 2.45) is 0 Å². The molecule has 18 heavy (non-hydrogen) atoms. The van der Waals surface area contributed by atoms with Crippen LogP contribution in [0.2, 0.25) is 0 Å². The minimum absolute atomic E-state index is 0.0749. The summed E-state index contributed by atoms with van der Waals surface area (Å²) < 4.78 is 0. The molecule has 1 aromatic heterocycles. The zero-order chi connectivity index (χ0) is 13.0. The highest BCUT2D eigenvalue weighted by molar-refractivity contribution is 5.94. The molecule has 1 heterocycles. The van der Waals surface area contributed by atoms with E-state index in [9.17, 15) is 4.79 Å². The molecule has 0 saturated heterocycles. The molecule has 2 aromatic rings. The minimum atomic E-state index is -1.05. The van der Waals surface area contributed by atoms with E-state index in [1.165, 1.54) is 12.3 Å². The number of pyridine rings is 1. The topological polar surface area (TPSA) is 88.2 Å². The van der Waals surface area contributed by atoms with Gasteiger partial charge in [-0.2, -0.15) is 0 Å². The van der Waals surface area contributed by atoms with E-state index >= 15 is 0 Å². The number of carboxylic acids is 1. The van der Waals surface area contributed by atoms with Crippen molar-refractivity contribution in [2.75, 3.05) is 11.1 Å². The number of hydrogen-bond donors (Lipinski definition) is 3. The van der Waals surface area contributed by atoms with E-state index in [1.807, 2.05) is 30.3 Å². The predicted octanol–water partition coefficient (Wildman–Crippen LogP) is 1.97. The third-order valence-electron chi connectivity index (χ3n) is 2.44. The van der Waals surface area contributed by atoms with Crippen LogP contribution >= 0.6 is 0 Å². The Labute approximate surface area is 104 Å². The van der Waals surface area contributed by atoms with Crippen molar-refractivity contribution in [3.63, 3.8) is 0 Å². The van der Waals surface area contributed by atoms with Crippen LogP contribution in [0.1, 0.15) is 15.9 Å². The molecule has 1 aromatic carbocycles. The van der Waals surface area contributed by atoms with Crippen LogP contribution in [0.5, 0.6) is 0 Å². The van der Waals surface area contributed by atoms with Gasteiger partial charge >= 0.3 is 5.97 Å². The Hall–Kier alpha value is -2.56. The average molecular weight is 243 g/mol. The number of benzene rings is 1. The van der Waals surface area contributed by atoms with Crippen LogP contribution in [0, 0.1) is 0 Å². The van der Waals surface area contributed by atoms with Gasteiger partial charge in [-0.3, -0.25) is 0 Å². The van der Waals surface area contributed by atoms with Gasteiger partial charge in [0.2, 0.25) is 0 Å². The summed E-state index contributed by atoms with van der Waals surface area (Å²) in [5.41, 5.74) is 6.97. The van der Waals surface area contributed by atoms with Crippen LogP contribution in [0.15, 0.2) is 42.6 Å². The van der Waals surface area contributed by atoms with Gasteiger partial charge in [-0.25, -0.2) is 9.78 Å². The summed E-state index contributed by atoms with van der Waals surface area (Å²) in [6.07, 6.45) is 1.43. The lowest BCUT2D eigenvalue weighted by Gasteiger charge is -2.09. The summed E-state index contributed by atoms with van der Waals surface area (Å²) in [6, 6.07) is 11.1. The highest BCUT2D eigenvalue weighted by Gasteiger charge is 2.11. The molecule has 0 aliphatic carbocycles. The summed E-state index contributed by atoms with van der Waals surface area (Å²) in [5, 5.41) is 12.0. The molecule has 0 aliphatic rings. The first-order valence-corrected chi connectivity index (χ1v) is 5.43. The second-order valence-corrected chi connectivity index (χ2v) is 3.81. The number of nitrogens with one attached hydrogen (secondary N) is 1. The van der Waals surface area contributed by atoms with Gasteiger partial charge in [0.15, 0.2) is 0 Å². The van der Waals surface area contributed by atoms with Gasteiger partial charge in [-0.1, -0.05) is 30.3 Å². The first-order valence-electron chi connectivity index (χ1n) is 5.43. The van der Waals surface area contributed by atoms with Crippen LogP contribution in [-0.2, 0) is 6.54 Å². The summed E-state index contributed by atoms with van der Waals surface area (Å²) in [6.45, 7) is 0.512. The number of hydrogen-bond acceptors (Lipinski definition) is 4. The number of carboxylic acid groups (broad SMARTS) is 1. The third-order valence-corrected chi connectivity index (χ3v) is 2.44. The van der Waals surface area contributed by atoms with Crippen LogP contribution in [0.25, 0.3) is 0 Å². The molecule has 92 valence electrons. The van der Waals surface area contributed by atoms with Gasteiger partial charge in [0.05, 0.1) is 11.9 Å². The highest BCUT2D eigenvalue weighted by Crippen LogP contribution is 2.16. The van der Waals surface area contributed by atoms with Crippen molar-refractivity contribution >= 4 is 17.5 Å². The number of aromatic carboxylic acids is 1. The first-order chi connectivity index (χ1) is 8.66. The smallest absolute Gasteiger partial charge is 0.339 e. The number of nitrogen functional groups attached to an aromatic ring is 1. The lowest BCUT2D eigenvalue weighted by Crippen LogP contribution is -2.09. The Kier molecular flexibility index (Phi) is 3.43. The maximum Gasteiger partial charge on any atom is 0.339 e. The molecule has 0 spiro atoms. The summed E-state index contributed by atoms with van der Waals surface area (Å²) in [5.74, 6) is -0.731. The predicted molar refractivity (Wildman–Crippen MR) is 69.4 cm³/mol. The van der Waals surface area contributed by atoms with Crippen LogP contribution in [0.3, 0.4) is 0 Å². The molecule has 0 radical (unpaired) electrons. The van der Waals surface area contributed by atoms with Gasteiger partial charge in [-0.05, 0) is 11.6 Å². The van der Waals surface area contributed by atoms with Crippen LogP contribution < -0.4 is 11.1 Å². The van der Waals surface area contributed by atoms with Crippen molar-refractivity contribution in [2.45, 2.75) is 6.54 Å². The molecule has 0 aliphatic heterocycles. The largest absolute Gasteiger partial charge is 0.478 e. The van der Waals surface area contributed by atoms with E-state index < -0.39 is 5.97 Å². The molecule has 0 saturated carbocycles. The molecule has 0 bridgehead atoms. The summed E-state index contributed by atoms with van der Waals surface area (Å²) >= 11 is 0. The maximum absolute atomic E-state index is 11.0. The van der Waals surface area contributed by atoms with Gasteiger partial charge in [0, 0.05) is 6.54 Å². The number of nitrogens with zero attached hydrogens (tertiary/aromatic N) is 1. The van der Waals surface area contributed by atoms with Gasteiger partial charge in [0.25, 0.3) is 0 Å². The fourth-order valence-corrected chi connectivity index (χ4v) is 1.57. The Morgan fingerprint density at radius 3 is 2.72 bits per heavy atom. The molecular weight excluding hydrogens is 230 g/mol. The lowest BCUT2D eigenvalue weighted by molar-refractivity contribution is 0.0697. The standard InChI is InChI=1S/C13H13N3O2/c14-10-6-11(13(17)18)12(16-8-10)15-7-9-4-2-1-3-5-9/h1-6,8H,7,14H2,(H,15,16)(H,17,18). The quantitative estimate of drug-likeness (QED) is 0.764. The number of nitrogens with two attached hydrogens (primary N) is 1. The molecule has 0 fully saturated rings. The van der Waals surface area contributed by atoms with Crippen molar-refractivity contribution in [1.29, 1.82) is 0 Å². The van der Waals surface area contributed by atoms with Crippen molar-refractivity contribution in [1.82, 2.24) is 4.98 Å². The van der Waals surface area contributed by atoms with E-state index in [0.29, 0.717) is 18.1 Å². The first kappa shape index (κ1) is 11.9. The fourth-order valence-electron chi connectivity index (χ4n) is 1.57. The molecule has 4 N–H and O–H groups in total. The zero-order valence-corrected chi connectivity index (χ0v) is 9.63. The van der Waals surface area contributed by atoms with Crippen molar-refractivity contribution in [3.8, 4) is 0 Å². The summed E-state index contributed by atoms with van der Waals surface area (Å²) in [7, 11) is 0. The van der Waals surface area contributed by atoms with E-state index in [2.05, 4.69) is 10.3 Å². The normalized spacial score (nSPS) is 10.0. The van der Waals surface area contributed by atoms with Gasteiger partial charge in [-0.15, -0.1) is 0 Å². The van der Waals surface area contributed by atoms with Crippen molar-refractivity contribution in [3.05, 3.63) is 53.7 Å². The van der Waals surface area contributed by atoms with Crippen molar-refractivity contribution < 1.29 is 9.90 Å². The second-order valence-electron chi connectivity index (χ2n) is 3.81. The SMILES string of the molecule is Nc1cnc(NCc2ccccc2)c(C(=O)O)c1. The highest BCUT2D eigenvalue weighted by atomic mass is 16.4. The van der Waals surface area contributed by atoms with E-state index in [1.54, 1.807) is 0 Å². The number of rotatable bonds is 4. The zero-order valence-electron chi connectivity index (χ0n) is 9.63. The summed E-state index contributed by atoms with van der Waals surface area (Å²) in [4.78, 5) is 15.0. The van der Waals surface area contributed by atoms with Gasteiger partial charge < -0.3 is 16.2 Å². The van der Waals surface area contributed by atoms with Crippen LogP contribution in [-0.4, -0.2) is 16.1 Å². The van der Waals surface area contributed by atoms with E-state index in [-0.39, 0.29) is 5.56 Å². The lowest BCUT2D eigenvalue weighted by atomic mass is 10.2. The van der Waals surface area contributed by atoms with E-state index in [0.717, 1.165) is 5.56 Å². The van der Waals surface area contributed by atoms with E-state index in [4.69, 9.17) is 10.8 Å². The average Bonchev–Trinajstić information content (AvgIpc) is 2.38. The fraction of sp³-hybridized carbons (Fsp3) is 0.0769. The maximum atomic E-state index is 11.0. The molecule has 0 unspecified atom stereocenters. The Bertz CT molecular complexity index is 555. The minimum Gasteiger partial charge on any atom is -0.478 e. The number of carbonyl (C=O) groups is 1. The second kappa shape index (κ2) is 5.18. The Morgan fingerprint density at radius 1 is 1.33 bits per heavy atom. The molecule has 0 atom stereocenters. The molecule has 5 nitrogen and oxygen atoms in total. The number of aromatic nitrogens is 1. The molecular formula is C13H13N3O2.